The summed E-state index contributed by atoms with van der Waals surface area (Å²) in [5, 5.41) is 11.2. The van der Waals surface area contributed by atoms with E-state index < -0.39 is 0 Å². The minimum absolute atomic E-state index is 0.0135. The van der Waals surface area contributed by atoms with Gasteiger partial charge in [-0.1, -0.05) is 39.2 Å². The average Bonchev–Trinajstić information content (AvgIpc) is 3.29. The molecule has 2 heterocycles. The van der Waals surface area contributed by atoms with Gasteiger partial charge in [0.2, 0.25) is 0 Å². The maximum Gasteiger partial charge on any atom is 0.322 e. The minimum Gasteiger partial charge on any atom is -0.490 e. The third kappa shape index (κ3) is 3.56. The number of halogens is 1. The van der Waals surface area contributed by atoms with E-state index >= 15 is 0 Å². The number of rotatable bonds is 5. The monoisotopic (exact) mass is 427 g/mol. The van der Waals surface area contributed by atoms with Crippen LogP contribution in [0.25, 0.3) is 22.6 Å². The SMILES string of the molecule is CCOc1cccc2cc(-c3nnc(NC(=O)c4cccc(Br)c4)o3)oc12. The molecular weight excluding hydrogens is 414 g/mol. The van der Waals surface area contributed by atoms with Crippen molar-refractivity contribution < 1.29 is 18.4 Å². The second-order valence-corrected chi connectivity index (χ2v) is 6.51. The zero-order valence-electron chi connectivity index (χ0n) is 14.2. The molecule has 1 amide bonds. The molecule has 0 aliphatic carbocycles. The first kappa shape index (κ1) is 17.3. The Hall–Kier alpha value is -3.13. The number of carbonyl (C=O) groups excluding carboxylic acids is 1. The van der Waals surface area contributed by atoms with Crippen LogP contribution in [0.4, 0.5) is 6.01 Å². The lowest BCUT2D eigenvalue weighted by molar-refractivity contribution is 0.102. The van der Waals surface area contributed by atoms with E-state index in [4.69, 9.17) is 13.6 Å². The van der Waals surface area contributed by atoms with Gasteiger partial charge in [0, 0.05) is 15.4 Å². The number of ether oxygens (including phenoxy) is 1. The highest BCUT2D eigenvalue weighted by atomic mass is 79.9. The van der Waals surface area contributed by atoms with Crippen molar-refractivity contribution in [1.82, 2.24) is 10.2 Å². The minimum atomic E-state index is -0.352. The fourth-order valence-electron chi connectivity index (χ4n) is 2.58. The van der Waals surface area contributed by atoms with Crippen molar-refractivity contribution in [2.75, 3.05) is 11.9 Å². The summed E-state index contributed by atoms with van der Waals surface area (Å²) in [6.45, 7) is 2.43. The Morgan fingerprint density at radius 3 is 2.81 bits per heavy atom. The molecule has 0 aliphatic heterocycles. The second-order valence-electron chi connectivity index (χ2n) is 5.60. The van der Waals surface area contributed by atoms with Gasteiger partial charge in [0.25, 0.3) is 11.8 Å². The predicted molar refractivity (Wildman–Crippen MR) is 103 cm³/mol. The molecule has 136 valence electrons. The van der Waals surface area contributed by atoms with Crippen LogP contribution in [-0.4, -0.2) is 22.7 Å². The van der Waals surface area contributed by atoms with Gasteiger partial charge >= 0.3 is 6.01 Å². The lowest BCUT2D eigenvalue weighted by atomic mass is 10.2. The molecule has 0 radical (unpaired) electrons. The normalized spacial score (nSPS) is 10.9. The molecule has 0 atom stereocenters. The van der Waals surface area contributed by atoms with Gasteiger partial charge < -0.3 is 13.6 Å². The number of hydrogen-bond acceptors (Lipinski definition) is 6. The molecule has 0 spiro atoms. The molecule has 0 saturated heterocycles. The predicted octanol–water partition coefficient (Wildman–Crippen LogP) is 4.90. The maximum absolute atomic E-state index is 12.3. The number of carbonyl (C=O) groups is 1. The molecule has 2 aromatic carbocycles. The van der Waals surface area contributed by atoms with Crippen LogP contribution < -0.4 is 10.1 Å². The molecule has 4 rings (SSSR count). The van der Waals surface area contributed by atoms with E-state index in [1.165, 1.54) is 0 Å². The van der Waals surface area contributed by atoms with Crippen molar-refractivity contribution in [3.05, 3.63) is 58.6 Å². The molecule has 27 heavy (non-hydrogen) atoms. The van der Waals surface area contributed by atoms with Crippen LogP contribution in [0.5, 0.6) is 5.75 Å². The van der Waals surface area contributed by atoms with E-state index in [1.807, 2.05) is 31.2 Å². The first-order valence-electron chi connectivity index (χ1n) is 8.20. The fraction of sp³-hybridized carbons (Fsp3) is 0.105. The Labute approximate surface area is 162 Å². The number of hydrogen-bond donors (Lipinski definition) is 1. The van der Waals surface area contributed by atoms with Gasteiger partial charge in [-0.15, -0.1) is 5.10 Å². The molecule has 1 N–H and O–H groups in total. The molecule has 8 heteroatoms. The van der Waals surface area contributed by atoms with Crippen molar-refractivity contribution in [3.63, 3.8) is 0 Å². The Kier molecular flexibility index (Phi) is 4.64. The Morgan fingerprint density at radius 2 is 2.00 bits per heavy atom. The molecule has 0 saturated carbocycles. The smallest absolute Gasteiger partial charge is 0.322 e. The molecule has 7 nitrogen and oxygen atoms in total. The van der Waals surface area contributed by atoms with Crippen LogP contribution in [0.3, 0.4) is 0 Å². The van der Waals surface area contributed by atoms with Gasteiger partial charge in [0.05, 0.1) is 6.61 Å². The number of amides is 1. The van der Waals surface area contributed by atoms with E-state index in [-0.39, 0.29) is 17.8 Å². The highest BCUT2D eigenvalue weighted by Gasteiger charge is 2.17. The molecule has 2 aromatic heterocycles. The van der Waals surface area contributed by atoms with Crippen LogP contribution in [0, 0.1) is 0 Å². The standard InChI is InChI=1S/C19H14BrN3O4/c1-2-25-14-8-4-5-11-10-15(26-16(11)14)18-22-23-19(27-18)21-17(24)12-6-3-7-13(20)9-12/h3-10H,2H2,1H3,(H,21,23,24). The Balaban J connectivity index is 1.58. The molecule has 0 unspecified atom stereocenters. The van der Waals surface area contributed by atoms with Crippen molar-refractivity contribution >= 4 is 38.8 Å². The zero-order valence-corrected chi connectivity index (χ0v) is 15.8. The van der Waals surface area contributed by atoms with Crippen molar-refractivity contribution in [1.29, 1.82) is 0 Å². The van der Waals surface area contributed by atoms with Crippen LogP contribution in [0.15, 0.2) is 61.8 Å². The lowest BCUT2D eigenvalue weighted by Gasteiger charge is -2.01. The average molecular weight is 428 g/mol. The van der Waals surface area contributed by atoms with Crippen molar-refractivity contribution in [3.8, 4) is 17.4 Å². The summed E-state index contributed by atoms with van der Waals surface area (Å²) in [6.07, 6.45) is 0. The summed E-state index contributed by atoms with van der Waals surface area (Å²) < 4.78 is 17.7. The highest BCUT2D eigenvalue weighted by molar-refractivity contribution is 9.10. The molecule has 4 aromatic rings. The van der Waals surface area contributed by atoms with Gasteiger partial charge in [-0.05, 0) is 37.3 Å². The number of para-hydroxylation sites is 1. The second kappa shape index (κ2) is 7.24. The van der Waals surface area contributed by atoms with Crippen LogP contribution in [-0.2, 0) is 0 Å². The van der Waals surface area contributed by atoms with E-state index in [0.717, 1.165) is 9.86 Å². The number of fused-ring (bicyclic) bond motifs is 1. The summed E-state index contributed by atoms with van der Waals surface area (Å²) in [5.74, 6) is 0.851. The van der Waals surface area contributed by atoms with Gasteiger partial charge in [-0.2, -0.15) is 0 Å². The summed E-state index contributed by atoms with van der Waals surface area (Å²) in [6, 6.07) is 14.4. The number of nitrogens with zero attached hydrogens (tertiary/aromatic N) is 2. The van der Waals surface area contributed by atoms with Gasteiger partial charge in [-0.25, -0.2) is 0 Å². The molecule has 0 aliphatic rings. The van der Waals surface area contributed by atoms with Crippen molar-refractivity contribution in [2.45, 2.75) is 6.92 Å². The van der Waals surface area contributed by atoms with Crippen LogP contribution >= 0.6 is 15.9 Å². The quantitative estimate of drug-likeness (QED) is 0.487. The number of aromatic nitrogens is 2. The van der Waals surface area contributed by atoms with Gasteiger partial charge in [0.1, 0.15) is 0 Å². The summed E-state index contributed by atoms with van der Waals surface area (Å²) in [7, 11) is 0. The zero-order chi connectivity index (χ0) is 18.8. The first-order chi connectivity index (χ1) is 13.1. The number of benzene rings is 2. The van der Waals surface area contributed by atoms with E-state index in [1.54, 1.807) is 24.3 Å². The molecule has 0 fully saturated rings. The lowest BCUT2D eigenvalue weighted by Crippen LogP contribution is -2.11. The first-order valence-corrected chi connectivity index (χ1v) is 8.99. The Bertz CT molecular complexity index is 1120. The van der Waals surface area contributed by atoms with E-state index in [9.17, 15) is 4.79 Å². The van der Waals surface area contributed by atoms with Gasteiger partial charge in [0.15, 0.2) is 17.1 Å². The topological polar surface area (TPSA) is 90.4 Å². The summed E-state index contributed by atoms with van der Waals surface area (Å²) in [4.78, 5) is 12.3. The largest absolute Gasteiger partial charge is 0.490 e. The van der Waals surface area contributed by atoms with Crippen molar-refractivity contribution in [2.24, 2.45) is 0 Å². The third-order valence-corrected chi connectivity index (χ3v) is 4.24. The van der Waals surface area contributed by atoms with Gasteiger partial charge in [-0.3, -0.25) is 10.1 Å². The van der Waals surface area contributed by atoms with E-state index in [2.05, 4.69) is 31.4 Å². The molecule has 0 bridgehead atoms. The Morgan fingerprint density at radius 1 is 1.15 bits per heavy atom. The highest BCUT2D eigenvalue weighted by Crippen LogP contribution is 2.33. The number of furan rings is 1. The maximum atomic E-state index is 12.3. The fourth-order valence-corrected chi connectivity index (χ4v) is 2.98. The summed E-state index contributed by atoms with van der Waals surface area (Å²) >= 11 is 3.33. The number of anilines is 1. The number of nitrogens with one attached hydrogen (secondary N) is 1. The summed E-state index contributed by atoms with van der Waals surface area (Å²) in [5.41, 5.74) is 1.07. The third-order valence-electron chi connectivity index (χ3n) is 3.75. The van der Waals surface area contributed by atoms with Crippen LogP contribution in [0.2, 0.25) is 0 Å². The van der Waals surface area contributed by atoms with Crippen LogP contribution in [0.1, 0.15) is 17.3 Å². The molecular formula is C19H14BrN3O4. The van der Waals surface area contributed by atoms with E-state index in [0.29, 0.717) is 29.3 Å².